The van der Waals surface area contributed by atoms with E-state index in [4.69, 9.17) is 4.74 Å². The van der Waals surface area contributed by atoms with Crippen molar-refractivity contribution >= 4 is 17.7 Å². The van der Waals surface area contributed by atoms with Crippen molar-refractivity contribution in [3.63, 3.8) is 0 Å². The summed E-state index contributed by atoms with van der Waals surface area (Å²) in [5.41, 5.74) is 0.499. The van der Waals surface area contributed by atoms with Crippen molar-refractivity contribution in [2.75, 3.05) is 31.6 Å². The predicted octanol–water partition coefficient (Wildman–Crippen LogP) is 3.43. The molecule has 0 unspecified atom stereocenters. The maximum Gasteiger partial charge on any atom is 0.319 e. The van der Waals surface area contributed by atoms with E-state index in [1.54, 1.807) is 0 Å². The van der Waals surface area contributed by atoms with Gasteiger partial charge in [0.15, 0.2) is 0 Å². The van der Waals surface area contributed by atoms with Crippen molar-refractivity contribution in [2.45, 2.75) is 46.1 Å². The van der Waals surface area contributed by atoms with E-state index in [0.717, 1.165) is 37.4 Å². The number of rotatable bonds is 5. The van der Waals surface area contributed by atoms with E-state index < -0.39 is 0 Å². The van der Waals surface area contributed by atoms with E-state index in [1.807, 2.05) is 56.9 Å². The molecule has 1 aromatic rings. The summed E-state index contributed by atoms with van der Waals surface area (Å²) in [6.45, 7) is 10.5. The number of piperidine rings is 1. The van der Waals surface area contributed by atoms with Gasteiger partial charge in [0.05, 0.1) is 6.61 Å². The van der Waals surface area contributed by atoms with Crippen molar-refractivity contribution in [3.8, 4) is 5.75 Å². The Morgan fingerprint density at radius 2 is 1.78 bits per heavy atom. The molecular formula is C20H32N4O3. The van der Waals surface area contributed by atoms with Crippen LogP contribution in [-0.4, -0.2) is 48.7 Å². The van der Waals surface area contributed by atoms with Crippen LogP contribution in [-0.2, 0) is 0 Å². The zero-order chi connectivity index (χ0) is 19.9. The zero-order valence-electron chi connectivity index (χ0n) is 16.8. The minimum atomic E-state index is -0.228. The fourth-order valence-electron chi connectivity index (χ4n) is 2.95. The highest BCUT2D eigenvalue weighted by molar-refractivity contribution is 5.89. The number of likely N-dealkylation sites (tertiary alicyclic amines) is 1. The number of nitrogens with zero attached hydrogens (tertiary/aromatic N) is 1. The Labute approximate surface area is 161 Å². The minimum absolute atomic E-state index is 0.0119. The number of anilines is 1. The van der Waals surface area contributed by atoms with E-state index in [1.165, 1.54) is 0 Å². The number of hydrogen-bond acceptors (Lipinski definition) is 3. The monoisotopic (exact) mass is 376 g/mol. The third-order valence-corrected chi connectivity index (χ3v) is 4.36. The summed E-state index contributed by atoms with van der Waals surface area (Å²) in [5.74, 6) is 1.17. The molecule has 27 heavy (non-hydrogen) atoms. The topological polar surface area (TPSA) is 82.7 Å². The van der Waals surface area contributed by atoms with Gasteiger partial charge in [-0.15, -0.1) is 0 Å². The number of benzene rings is 1. The van der Waals surface area contributed by atoms with Crippen LogP contribution < -0.4 is 20.7 Å². The van der Waals surface area contributed by atoms with Gasteiger partial charge in [0.1, 0.15) is 5.75 Å². The lowest BCUT2D eigenvalue weighted by molar-refractivity contribution is 0.162. The molecule has 4 amide bonds. The Bertz CT molecular complexity index is 617. The summed E-state index contributed by atoms with van der Waals surface area (Å²) < 4.78 is 5.38. The van der Waals surface area contributed by atoms with Crippen molar-refractivity contribution in [3.05, 3.63) is 24.3 Å². The molecule has 1 fully saturated rings. The average molecular weight is 377 g/mol. The molecule has 1 aromatic carbocycles. The molecule has 3 N–H and O–H groups in total. The second-order valence-electron chi connectivity index (χ2n) is 7.90. The van der Waals surface area contributed by atoms with Gasteiger partial charge < -0.3 is 25.6 Å². The van der Waals surface area contributed by atoms with Gasteiger partial charge in [0, 0.05) is 30.9 Å². The molecule has 7 heteroatoms. The van der Waals surface area contributed by atoms with Crippen LogP contribution >= 0.6 is 0 Å². The maximum absolute atomic E-state index is 12.2. The van der Waals surface area contributed by atoms with E-state index >= 15 is 0 Å². The summed E-state index contributed by atoms with van der Waals surface area (Å²) in [6, 6.07) is 7.07. The Kier molecular flexibility index (Phi) is 7.33. The highest BCUT2D eigenvalue weighted by Crippen LogP contribution is 2.18. The van der Waals surface area contributed by atoms with Crippen LogP contribution in [0.4, 0.5) is 15.3 Å². The Morgan fingerprint density at radius 1 is 1.15 bits per heavy atom. The number of hydrogen-bond donors (Lipinski definition) is 3. The first-order valence-corrected chi connectivity index (χ1v) is 9.61. The SMILES string of the molecule is CCOc1ccc(NC(=O)NCC2CCN(C(=O)NC(C)(C)C)CC2)cc1. The molecule has 150 valence electrons. The summed E-state index contributed by atoms with van der Waals surface area (Å²) in [5, 5.41) is 8.74. The lowest BCUT2D eigenvalue weighted by atomic mass is 9.97. The van der Waals surface area contributed by atoms with Crippen LogP contribution in [0.3, 0.4) is 0 Å². The fraction of sp³-hybridized carbons (Fsp3) is 0.600. The number of ether oxygens (including phenoxy) is 1. The normalized spacial score (nSPS) is 15.2. The first kappa shape index (κ1) is 20.9. The lowest BCUT2D eigenvalue weighted by Crippen LogP contribution is -2.51. The Morgan fingerprint density at radius 3 is 2.33 bits per heavy atom. The summed E-state index contributed by atoms with van der Waals surface area (Å²) in [4.78, 5) is 26.1. The Balaban J connectivity index is 1.68. The molecule has 0 bridgehead atoms. The van der Waals surface area contributed by atoms with Gasteiger partial charge >= 0.3 is 12.1 Å². The molecule has 0 saturated carbocycles. The van der Waals surface area contributed by atoms with E-state index in [0.29, 0.717) is 19.1 Å². The maximum atomic E-state index is 12.2. The predicted molar refractivity (Wildman–Crippen MR) is 107 cm³/mol. The first-order valence-electron chi connectivity index (χ1n) is 9.61. The van der Waals surface area contributed by atoms with Gasteiger partial charge in [-0.2, -0.15) is 0 Å². The molecule has 0 atom stereocenters. The quantitative estimate of drug-likeness (QED) is 0.736. The standard InChI is InChI=1S/C20H32N4O3/c1-5-27-17-8-6-16(7-9-17)22-18(25)21-14-15-10-12-24(13-11-15)19(26)23-20(2,3)4/h6-9,15H,5,10-14H2,1-4H3,(H,23,26)(H2,21,22,25). The third-order valence-electron chi connectivity index (χ3n) is 4.36. The molecular weight excluding hydrogens is 344 g/mol. The van der Waals surface area contributed by atoms with E-state index in [-0.39, 0.29) is 17.6 Å². The van der Waals surface area contributed by atoms with Crippen LogP contribution in [0.2, 0.25) is 0 Å². The second kappa shape index (κ2) is 9.48. The molecule has 0 spiro atoms. The molecule has 1 heterocycles. The lowest BCUT2D eigenvalue weighted by Gasteiger charge is -2.34. The molecule has 1 saturated heterocycles. The van der Waals surface area contributed by atoms with E-state index in [9.17, 15) is 9.59 Å². The van der Waals surface area contributed by atoms with Crippen molar-refractivity contribution in [1.82, 2.24) is 15.5 Å². The van der Waals surface area contributed by atoms with Gasteiger partial charge in [0.25, 0.3) is 0 Å². The van der Waals surface area contributed by atoms with Crippen molar-refractivity contribution in [1.29, 1.82) is 0 Å². The number of carbonyl (C=O) groups excluding carboxylic acids is 2. The Hall–Kier alpha value is -2.44. The van der Waals surface area contributed by atoms with Crippen LogP contribution in [0, 0.1) is 5.92 Å². The molecule has 7 nitrogen and oxygen atoms in total. The molecule has 0 aromatic heterocycles. The molecule has 1 aliphatic rings. The summed E-state index contributed by atoms with van der Waals surface area (Å²) >= 11 is 0. The van der Waals surface area contributed by atoms with Gasteiger partial charge in [-0.25, -0.2) is 9.59 Å². The van der Waals surface area contributed by atoms with E-state index in [2.05, 4.69) is 16.0 Å². The molecule has 0 radical (unpaired) electrons. The molecule has 0 aliphatic carbocycles. The van der Waals surface area contributed by atoms with Gasteiger partial charge in [0.2, 0.25) is 0 Å². The van der Waals surface area contributed by atoms with Crippen LogP contribution in [0.5, 0.6) is 5.75 Å². The van der Waals surface area contributed by atoms with Gasteiger partial charge in [-0.1, -0.05) is 0 Å². The molecule has 1 aliphatic heterocycles. The zero-order valence-corrected chi connectivity index (χ0v) is 16.8. The minimum Gasteiger partial charge on any atom is -0.494 e. The summed E-state index contributed by atoms with van der Waals surface area (Å²) in [7, 11) is 0. The van der Waals surface area contributed by atoms with Crippen LogP contribution in [0.1, 0.15) is 40.5 Å². The second-order valence-corrected chi connectivity index (χ2v) is 7.90. The van der Waals surface area contributed by atoms with Crippen LogP contribution in [0.25, 0.3) is 0 Å². The van der Waals surface area contributed by atoms with Crippen molar-refractivity contribution < 1.29 is 14.3 Å². The molecule has 2 rings (SSSR count). The average Bonchev–Trinajstić information content (AvgIpc) is 2.61. The highest BCUT2D eigenvalue weighted by atomic mass is 16.5. The van der Waals surface area contributed by atoms with Crippen LogP contribution in [0.15, 0.2) is 24.3 Å². The third kappa shape index (κ3) is 7.37. The van der Waals surface area contributed by atoms with Gasteiger partial charge in [-0.05, 0) is 70.7 Å². The first-order chi connectivity index (χ1) is 12.8. The number of nitrogens with one attached hydrogen (secondary N) is 3. The van der Waals surface area contributed by atoms with Crippen molar-refractivity contribution in [2.24, 2.45) is 5.92 Å². The largest absolute Gasteiger partial charge is 0.494 e. The number of amides is 4. The number of carbonyl (C=O) groups is 2. The van der Waals surface area contributed by atoms with Gasteiger partial charge in [-0.3, -0.25) is 0 Å². The summed E-state index contributed by atoms with van der Waals surface area (Å²) in [6.07, 6.45) is 1.78. The number of urea groups is 2. The smallest absolute Gasteiger partial charge is 0.319 e. The highest BCUT2D eigenvalue weighted by Gasteiger charge is 2.25. The fourth-order valence-corrected chi connectivity index (χ4v) is 2.95.